The maximum Gasteiger partial charge on any atom is 0.163 e. The van der Waals surface area contributed by atoms with Crippen LogP contribution in [0.1, 0.15) is 39.9 Å². The Bertz CT molecular complexity index is 419. The van der Waals surface area contributed by atoms with E-state index in [1.165, 1.54) is 0 Å². The third-order valence-electron chi connectivity index (χ3n) is 3.28. The first-order valence-electron chi connectivity index (χ1n) is 5.35. The van der Waals surface area contributed by atoms with Gasteiger partial charge in [-0.25, -0.2) is 0 Å². The SMILES string of the molecule is COc1cc2c(c(C)c1C)C(=O)CCC2. The van der Waals surface area contributed by atoms with E-state index >= 15 is 0 Å². The molecule has 1 aromatic rings. The van der Waals surface area contributed by atoms with Crippen LogP contribution < -0.4 is 4.74 Å². The summed E-state index contributed by atoms with van der Waals surface area (Å²) in [4.78, 5) is 11.8. The Morgan fingerprint density at radius 1 is 1.20 bits per heavy atom. The number of hydrogen-bond acceptors (Lipinski definition) is 2. The predicted molar refractivity (Wildman–Crippen MR) is 59.7 cm³/mol. The molecule has 0 radical (unpaired) electrons. The summed E-state index contributed by atoms with van der Waals surface area (Å²) in [5.41, 5.74) is 4.28. The summed E-state index contributed by atoms with van der Waals surface area (Å²) in [6.07, 6.45) is 2.66. The van der Waals surface area contributed by atoms with Gasteiger partial charge in [0, 0.05) is 12.0 Å². The predicted octanol–water partition coefficient (Wildman–Crippen LogP) is 2.83. The molecule has 0 amide bonds. The van der Waals surface area contributed by atoms with Gasteiger partial charge in [-0.15, -0.1) is 0 Å². The van der Waals surface area contributed by atoms with Gasteiger partial charge in [0.25, 0.3) is 0 Å². The van der Waals surface area contributed by atoms with Crippen molar-refractivity contribution in [3.8, 4) is 5.75 Å². The van der Waals surface area contributed by atoms with Gasteiger partial charge in [0.1, 0.15) is 5.75 Å². The van der Waals surface area contributed by atoms with E-state index in [1.807, 2.05) is 19.9 Å². The topological polar surface area (TPSA) is 26.3 Å². The van der Waals surface area contributed by atoms with Crippen molar-refractivity contribution in [2.24, 2.45) is 0 Å². The Morgan fingerprint density at radius 2 is 1.93 bits per heavy atom. The Hall–Kier alpha value is -1.31. The third kappa shape index (κ3) is 1.54. The average Bonchev–Trinajstić information content (AvgIpc) is 2.23. The largest absolute Gasteiger partial charge is 0.496 e. The van der Waals surface area contributed by atoms with Crippen molar-refractivity contribution in [3.63, 3.8) is 0 Å². The number of aryl methyl sites for hydroxylation is 1. The van der Waals surface area contributed by atoms with Crippen molar-refractivity contribution in [3.05, 3.63) is 28.3 Å². The number of carbonyl (C=O) groups excluding carboxylic acids is 1. The molecule has 0 N–H and O–H groups in total. The molecule has 0 atom stereocenters. The molecule has 2 nitrogen and oxygen atoms in total. The Morgan fingerprint density at radius 3 is 2.60 bits per heavy atom. The van der Waals surface area contributed by atoms with E-state index in [-0.39, 0.29) is 0 Å². The van der Waals surface area contributed by atoms with Gasteiger partial charge in [-0.3, -0.25) is 4.79 Å². The van der Waals surface area contributed by atoms with Crippen LogP contribution in [0.15, 0.2) is 6.07 Å². The molecular weight excluding hydrogens is 188 g/mol. The van der Waals surface area contributed by atoms with Crippen LogP contribution in [0.5, 0.6) is 5.75 Å². The molecule has 0 saturated heterocycles. The molecule has 15 heavy (non-hydrogen) atoms. The first-order valence-corrected chi connectivity index (χ1v) is 5.35. The minimum atomic E-state index is 0.291. The fraction of sp³-hybridized carbons (Fsp3) is 0.462. The molecule has 0 saturated carbocycles. The number of ketones is 1. The van der Waals surface area contributed by atoms with E-state index < -0.39 is 0 Å². The maximum absolute atomic E-state index is 11.8. The van der Waals surface area contributed by atoms with Crippen molar-refractivity contribution in [1.29, 1.82) is 0 Å². The Labute approximate surface area is 90.3 Å². The molecule has 1 aromatic carbocycles. The van der Waals surface area contributed by atoms with Crippen LogP contribution in [-0.2, 0) is 6.42 Å². The van der Waals surface area contributed by atoms with Crippen LogP contribution >= 0.6 is 0 Å². The quantitative estimate of drug-likeness (QED) is 0.703. The summed E-state index contributed by atoms with van der Waals surface area (Å²) in [6, 6.07) is 2.02. The Kier molecular flexibility index (Phi) is 2.51. The molecule has 80 valence electrons. The normalized spacial score (nSPS) is 15.0. The molecule has 1 aliphatic rings. The fourth-order valence-electron chi connectivity index (χ4n) is 2.31. The van der Waals surface area contributed by atoms with E-state index in [0.29, 0.717) is 12.2 Å². The lowest BCUT2D eigenvalue weighted by Crippen LogP contribution is -2.14. The van der Waals surface area contributed by atoms with Crippen LogP contribution in [0.25, 0.3) is 0 Å². The molecule has 0 aliphatic heterocycles. The number of Topliss-reactive ketones (excluding diaryl/α,β-unsaturated/α-hetero) is 1. The van der Waals surface area contributed by atoms with Gasteiger partial charge in [0.15, 0.2) is 5.78 Å². The van der Waals surface area contributed by atoms with Gasteiger partial charge in [-0.2, -0.15) is 0 Å². The lowest BCUT2D eigenvalue weighted by atomic mass is 9.85. The molecule has 2 heteroatoms. The summed E-state index contributed by atoms with van der Waals surface area (Å²) in [5.74, 6) is 1.19. The number of hydrogen-bond donors (Lipinski definition) is 0. The van der Waals surface area contributed by atoms with Gasteiger partial charge in [0.05, 0.1) is 7.11 Å². The highest BCUT2D eigenvalue weighted by Gasteiger charge is 2.22. The van der Waals surface area contributed by atoms with Crippen molar-refractivity contribution in [1.82, 2.24) is 0 Å². The molecule has 0 bridgehead atoms. The van der Waals surface area contributed by atoms with Crippen LogP contribution in [0.3, 0.4) is 0 Å². The highest BCUT2D eigenvalue weighted by Crippen LogP contribution is 2.32. The first kappa shape index (κ1) is 10.2. The van der Waals surface area contributed by atoms with E-state index in [1.54, 1.807) is 7.11 Å². The van der Waals surface area contributed by atoms with Gasteiger partial charge in [-0.1, -0.05) is 0 Å². The zero-order valence-electron chi connectivity index (χ0n) is 9.52. The first-order chi connectivity index (χ1) is 7.15. The highest BCUT2D eigenvalue weighted by molar-refractivity contribution is 6.00. The maximum atomic E-state index is 11.8. The fourth-order valence-corrected chi connectivity index (χ4v) is 2.31. The van der Waals surface area contributed by atoms with Gasteiger partial charge >= 0.3 is 0 Å². The van der Waals surface area contributed by atoms with Gasteiger partial charge < -0.3 is 4.74 Å². The lowest BCUT2D eigenvalue weighted by molar-refractivity contribution is 0.0971. The lowest BCUT2D eigenvalue weighted by Gasteiger charge is -2.20. The summed E-state index contributed by atoms with van der Waals surface area (Å²) in [5, 5.41) is 0. The van der Waals surface area contributed by atoms with Crippen LogP contribution in [0.4, 0.5) is 0 Å². The zero-order valence-corrected chi connectivity index (χ0v) is 9.52. The number of rotatable bonds is 1. The van der Waals surface area contributed by atoms with Crippen molar-refractivity contribution >= 4 is 5.78 Å². The van der Waals surface area contributed by atoms with Gasteiger partial charge in [-0.05, 0) is 49.4 Å². The third-order valence-corrected chi connectivity index (χ3v) is 3.28. The summed E-state index contributed by atoms with van der Waals surface area (Å²) in [7, 11) is 1.68. The molecule has 0 unspecified atom stereocenters. The van der Waals surface area contributed by atoms with E-state index in [0.717, 1.165) is 40.8 Å². The molecule has 0 fully saturated rings. The molecule has 0 heterocycles. The zero-order chi connectivity index (χ0) is 11.0. The number of carbonyl (C=O) groups is 1. The van der Waals surface area contributed by atoms with Crippen molar-refractivity contribution in [2.45, 2.75) is 33.1 Å². The second kappa shape index (κ2) is 3.69. The average molecular weight is 204 g/mol. The summed E-state index contributed by atoms with van der Waals surface area (Å²) < 4.78 is 5.32. The highest BCUT2D eigenvalue weighted by atomic mass is 16.5. The number of fused-ring (bicyclic) bond motifs is 1. The van der Waals surface area contributed by atoms with Crippen LogP contribution in [0.2, 0.25) is 0 Å². The number of methoxy groups -OCH3 is 1. The molecule has 2 rings (SSSR count). The van der Waals surface area contributed by atoms with Crippen LogP contribution in [0, 0.1) is 13.8 Å². The van der Waals surface area contributed by atoms with E-state index in [9.17, 15) is 4.79 Å². The van der Waals surface area contributed by atoms with Crippen molar-refractivity contribution < 1.29 is 9.53 Å². The minimum absolute atomic E-state index is 0.291. The summed E-state index contributed by atoms with van der Waals surface area (Å²) >= 11 is 0. The summed E-state index contributed by atoms with van der Waals surface area (Å²) in [6.45, 7) is 4.02. The number of ether oxygens (including phenoxy) is 1. The van der Waals surface area contributed by atoms with Crippen molar-refractivity contribution in [2.75, 3.05) is 7.11 Å². The standard InChI is InChI=1S/C13H16O2/c1-8-9(2)13-10(7-12(8)15-3)5-4-6-11(13)14/h7H,4-6H2,1-3H3. The minimum Gasteiger partial charge on any atom is -0.496 e. The van der Waals surface area contributed by atoms with E-state index in [2.05, 4.69) is 0 Å². The molecular formula is C13H16O2. The monoisotopic (exact) mass is 204 g/mol. The van der Waals surface area contributed by atoms with E-state index in [4.69, 9.17) is 4.74 Å². The van der Waals surface area contributed by atoms with Crippen LogP contribution in [-0.4, -0.2) is 12.9 Å². The second-order valence-electron chi connectivity index (χ2n) is 4.14. The second-order valence-corrected chi connectivity index (χ2v) is 4.14. The Balaban J connectivity index is 2.66. The number of benzene rings is 1. The van der Waals surface area contributed by atoms with Gasteiger partial charge in [0.2, 0.25) is 0 Å². The molecule has 0 spiro atoms. The molecule has 0 aromatic heterocycles. The smallest absolute Gasteiger partial charge is 0.163 e. The molecule has 1 aliphatic carbocycles.